The molecule has 6 aromatic carbocycles. The zero-order valence-electron chi connectivity index (χ0n) is 38.8. The van der Waals surface area contributed by atoms with E-state index in [0.29, 0.717) is 0 Å². The summed E-state index contributed by atoms with van der Waals surface area (Å²) < 4.78 is 0. The summed E-state index contributed by atoms with van der Waals surface area (Å²) in [7, 11) is 0. The molecular weight excluding hydrogens is 725 g/mol. The van der Waals surface area contributed by atoms with Crippen molar-refractivity contribution in [2.24, 2.45) is 0 Å². The summed E-state index contributed by atoms with van der Waals surface area (Å²) in [6.07, 6.45) is 32.4. The third-order valence-corrected chi connectivity index (χ3v) is 13.7. The summed E-state index contributed by atoms with van der Waals surface area (Å²) in [4.78, 5) is 5.40. The molecule has 0 heterocycles. The molecule has 0 amide bonds. The van der Waals surface area contributed by atoms with E-state index in [1.807, 2.05) is 0 Å². The second-order valence-electron chi connectivity index (χ2n) is 18.4. The number of hydrogen-bond acceptors (Lipinski definition) is 2. The molecule has 2 nitrogen and oxygen atoms in total. The van der Waals surface area contributed by atoms with Crippen LogP contribution in [0.4, 0.5) is 11.4 Å². The van der Waals surface area contributed by atoms with Gasteiger partial charge in [-0.05, 0) is 104 Å². The fourth-order valence-electron chi connectivity index (χ4n) is 9.96. The maximum absolute atomic E-state index is 2.70. The maximum Gasteiger partial charge on any atom is 0.0372 e. The zero-order valence-corrected chi connectivity index (χ0v) is 38.8. The van der Waals surface area contributed by atoms with Crippen molar-refractivity contribution in [3.8, 4) is 0 Å². The average molecular weight is 807 g/mol. The van der Waals surface area contributed by atoms with Gasteiger partial charge in [0.15, 0.2) is 0 Å². The Hall–Kier alpha value is -3.78. The van der Waals surface area contributed by atoms with Crippen LogP contribution in [0.5, 0.6) is 0 Å². The first-order valence-corrected chi connectivity index (χ1v) is 25.4. The van der Waals surface area contributed by atoms with Crippen molar-refractivity contribution in [1.29, 1.82) is 0 Å². The minimum atomic E-state index is 1.17. The minimum absolute atomic E-state index is 1.17. The van der Waals surface area contributed by atoms with Gasteiger partial charge < -0.3 is 9.80 Å². The van der Waals surface area contributed by atoms with Gasteiger partial charge in [0, 0.05) is 37.6 Å². The summed E-state index contributed by atoms with van der Waals surface area (Å²) in [5, 5.41) is 13.6. The third-order valence-electron chi connectivity index (χ3n) is 13.7. The van der Waals surface area contributed by atoms with Crippen LogP contribution < -0.4 is 9.80 Å². The second-order valence-corrected chi connectivity index (χ2v) is 18.4. The van der Waals surface area contributed by atoms with Crippen LogP contribution in [0.25, 0.3) is 53.9 Å². The summed E-state index contributed by atoms with van der Waals surface area (Å²) >= 11 is 0. The number of hydrogen-bond donors (Lipinski definition) is 0. The molecule has 2 heteroatoms. The van der Waals surface area contributed by atoms with Gasteiger partial charge in [0.25, 0.3) is 0 Å². The lowest BCUT2D eigenvalue weighted by atomic mass is 9.92. The van der Waals surface area contributed by atoms with Crippen LogP contribution in [-0.2, 0) is 0 Å². The van der Waals surface area contributed by atoms with Crippen LogP contribution in [0.3, 0.4) is 0 Å². The van der Waals surface area contributed by atoms with Gasteiger partial charge in [-0.2, -0.15) is 0 Å². The summed E-state index contributed by atoms with van der Waals surface area (Å²) in [5.41, 5.74) is 2.80. The second kappa shape index (κ2) is 25.2. The van der Waals surface area contributed by atoms with Gasteiger partial charge in [0.1, 0.15) is 0 Å². The van der Waals surface area contributed by atoms with E-state index in [1.165, 1.54) is 246 Å². The molecule has 0 aliphatic rings. The molecule has 0 aliphatic carbocycles. The highest BCUT2D eigenvalue weighted by atomic mass is 15.1. The number of nitrogens with zero attached hydrogens (tertiary/aromatic N) is 2. The smallest absolute Gasteiger partial charge is 0.0372 e. The molecule has 0 radical (unpaired) electrons. The van der Waals surface area contributed by atoms with Gasteiger partial charge in [0.05, 0.1) is 0 Å². The summed E-state index contributed by atoms with van der Waals surface area (Å²) in [6, 6.07) is 33.8. The first-order chi connectivity index (χ1) is 29.7. The predicted molar refractivity (Wildman–Crippen MR) is 272 cm³/mol. The third kappa shape index (κ3) is 12.6. The molecule has 324 valence electrons. The molecule has 6 aromatic rings. The van der Waals surface area contributed by atoms with Crippen molar-refractivity contribution in [2.45, 2.75) is 182 Å². The predicted octanol–water partition coefficient (Wildman–Crippen LogP) is 18.5. The van der Waals surface area contributed by atoms with Crippen LogP contribution in [0, 0.1) is 0 Å². The van der Waals surface area contributed by atoms with Crippen molar-refractivity contribution in [3.05, 3.63) is 84.9 Å². The van der Waals surface area contributed by atoms with E-state index < -0.39 is 0 Å². The van der Waals surface area contributed by atoms with Crippen molar-refractivity contribution < 1.29 is 0 Å². The lowest BCUT2D eigenvalue weighted by Gasteiger charge is -2.26. The summed E-state index contributed by atoms with van der Waals surface area (Å²) in [5.74, 6) is 0. The van der Waals surface area contributed by atoms with E-state index in [4.69, 9.17) is 0 Å². The average Bonchev–Trinajstić information content (AvgIpc) is 3.28. The molecule has 6 rings (SSSR count). The number of benzene rings is 6. The fourth-order valence-corrected chi connectivity index (χ4v) is 9.96. The van der Waals surface area contributed by atoms with Gasteiger partial charge in [-0.3, -0.25) is 0 Å². The normalized spacial score (nSPS) is 11.9. The molecule has 0 aliphatic heterocycles. The van der Waals surface area contributed by atoms with Gasteiger partial charge in [-0.15, -0.1) is 0 Å². The van der Waals surface area contributed by atoms with Crippen molar-refractivity contribution in [2.75, 3.05) is 36.0 Å². The van der Waals surface area contributed by atoms with Gasteiger partial charge >= 0.3 is 0 Å². The SMILES string of the molecule is CCCCCCCCN(CCCCCCCC)c1ccc2c(ccc3c2ccc2c4ccc5cc(N(CCCCCCCC)CCCCCCCC)ccc5c4ccc32)c1. The molecule has 0 N–H and O–H groups in total. The highest BCUT2D eigenvalue weighted by Crippen LogP contribution is 2.38. The van der Waals surface area contributed by atoms with Crippen molar-refractivity contribution in [3.63, 3.8) is 0 Å². The van der Waals surface area contributed by atoms with Gasteiger partial charge in [-0.1, -0.05) is 217 Å². The molecule has 0 atom stereocenters. The van der Waals surface area contributed by atoms with E-state index in [0.717, 1.165) is 0 Å². The van der Waals surface area contributed by atoms with Gasteiger partial charge in [-0.25, -0.2) is 0 Å². The van der Waals surface area contributed by atoms with Crippen LogP contribution in [0.1, 0.15) is 182 Å². The van der Waals surface area contributed by atoms with Crippen LogP contribution >= 0.6 is 0 Å². The Morgan fingerprint density at radius 1 is 0.250 bits per heavy atom. The molecule has 0 saturated heterocycles. The topological polar surface area (TPSA) is 6.48 Å². The molecule has 0 saturated carbocycles. The van der Waals surface area contributed by atoms with E-state index in [9.17, 15) is 0 Å². The first-order valence-electron chi connectivity index (χ1n) is 25.4. The lowest BCUT2D eigenvalue weighted by Crippen LogP contribution is -2.25. The first kappa shape index (κ1) is 45.7. The largest absolute Gasteiger partial charge is 0.372 e. The number of anilines is 2. The Morgan fingerprint density at radius 3 is 0.783 bits per heavy atom. The minimum Gasteiger partial charge on any atom is -0.372 e. The van der Waals surface area contributed by atoms with E-state index >= 15 is 0 Å². The number of unbranched alkanes of at least 4 members (excludes halogenated alkanes) is 20. The molecule has 0 fully saturated rings. The lowest BCUT2D eigenvalue weighted by molar-refractivity contribution is 0.575. The molecule has 60 heavy (non-hydrogen) atoms. The monoisotopic (exact) mass is 807 g/mol. The molecular formula is C58H82N2. The van der Waals surface area contributed by atoms with E-state index in [2.05, 4.69) is 122 Å². The molecule has 0 unspecified atom stereocenters. The fraction of sp³-hybridized carbons (Fsp3) is 0.552. The zero-order chi connectivity index (χ0) is 41.8. The Balaban J connectivity index is 1.22. The Kier molecular flexibility index (Phi) is 19.2. The Labute approximate surface area is 366 Å². The molecule has 0 aromatic heterocycles. The molecule has 0 bridgehead atoms. The van der Waals surface area contributed by atoms with Gasteiger partial charge in [0.2, 0.25) is 0 Å². The standard InChI is InChI=1S/C58H82N2/c1-5-9-13-17-21-25-41-59(42-26-22-18-14-10-6-2)49-31-35-51-47(45-49)29-33-55-53(51)37-39-58-56-34-30-48-46-50(32-36-52(48)54(56)38-40-57(55)58)60(43-27-23-19-15-11-7-3)44-28-24-20-16-12-8-4/h29-40,45-46H,5-28,41-44H2,1-4H3. The number of fused-ring (bicyclic) bond motifs is 9. The number of rotatable bonds is 30. The van der Waals surface area contributed by atoms with Crippen molar-refractivity contribution in [1.82, 2.24) is 0 Å². The van der Waals surface area contributed by atoms with Crippen LogP contribution in [0.2, 0.25) is 0 Å². The Morgan fingerprint density at radius 2 is 0.483 bits per heavy atom. The molecule has 0 spiro atoms. The van der Waals surface area contributed by atoms with Crippen molar-refractivity contribution >= 4 is 65.2 Å². The van der Waals surface area contributed by atoms with Crippen LogP contribution in [-0.4, -0.2) is 26.2 Å². The highest BCUT2D eigenvalue weighted by molar-refractivity contribution is 6.25. The quantitative estimate of drug-likeness (QED) is 0.0330. The highest BCUT2D eigenvalue weighted by Gasteiger charge is 2.14. The van der Waals surface area contributed by atoms with Crippen LogP contribution in [0.15, 0.2) is 84.9 Å². The Bertz CT molecular complexity index is 1980. The maximum atomic E-state index is 2.70. The van der Waals surface area contributed by atoms with E-state index in [1.54, 1.807) is 0 Å². The summed E-state index contributed by atoms with van der Waals surface area (Å²) in [6.45, 7) is 13.9. The van der Waals surface area contributed by atoms with E-state index in [-0.39, 0.29) is 0 Å².